The number of piperidine rings is 1. The molecule has 2 fully saturated rings. The van der Waals surface area contributed by atoms with Crippen LogP contribution in [-0.2, 0) is 10.0 Å². The molecule has 3 aliphatic rings. The average Bonchev–Trinajstić information content (AvgIpc) is 2.97. The average molecular weight is 634 g/mol. The summed E-state index contributed by atoms with van der Waals surface area (Å²) >= 11 is 0. The van der Waals surface area contributed by atoms with Gasteiger partial charge in [0.25, 0.3) is 15.9 Å². The molecule has 1 saturated heterocycles. The summed E-state index contributed by atoms with van der Waals surface area (Å²) in [5.41, 5.74) is 4.23. The minimum atomic E-state index is -4.10. The Balaban J connectivity index is 0.00000417. The third-order valence-electron chi connectivity index (χ3n) is 9.87. The number of aryl methyl sites for hydroxylation is 2. The number of sulfonamides is 1. The molecule has 1 atom stereocenters. The fraction of sp³-hybridized carbons (Fsp3) is 0.514. The van der Waals surface area contributed by atoms with Crippen LogP contribution >= 0.6 is 0 Å². The standard InChI is InChI=1S/C35H45N5O4S.H2/c1-23(2)16-28-22-44-31-18-30(32-24(3)8-6-9-25(32)4)36-34(37-31)38-45(42,43)29-11-7-10-27(17-29)33(41)40(28)21-26-19-35(20-26)12-14-39(5)15-13-35;/h6-11,17-18,23,26,28H,12-16,19-22H2,1-5H3,(H,36,37,38);1H/t28-;/m1./s1. The zero-order chi connectivity index (χ0) is 31.9. The lowest BCUT2D eigenvalue weighted by molar-refractivity contribution is -0.0264. The molecule has 9 nitrogen and oxygen atoms in total. The van der Waals surface area contributed by atoms with E-state index in [1.807, 2.05) is 36.9 Å². The summed E-state index contributed by atoms with van der Waals surface area (Å²) in [6.07, 6.45) is 5.39. The summed E-state index contributed by atoms with van der Waals surface area (Å²) in [6.45, 7) is 11.4. The number of carbonyl (C=O) groups is 1. The van der Waals surface area contributed by atoms with Gasteiger partial charge in [-0.3, -0.25) is 4.79 Å². The number of aromatic nitrogens is 2. The maximum Gasteiger partial charge on any atom is 0.264 e. The molecule has 1 spiro atoms. The van der Waals surface area contributed by atoms with E-state index in [0.717, 1.165) is 49.0 Å². The molecule has 1 aliphatic carbocycles. The van der Waals surface area contributed by atoms with E-state index in [9.17, 15) is 13.2 Å². The largest absolute Gasteiger partial charge is 0.475 e. The van der Waals surface area contributed by atoms with Crippen LogP contribution in [0.1, 0.15) is 68.9 Å². The van der Waals surface area contributed by atoms with Gasteiger partial charge in [0.05, 0.1) is 16.6 Å². The van der Waals surface area contributed by atoms with Gasteiger partial charge >= 0.3 is 0 Å². The van der Waals surface area contributed by atoms with Gasteiger partial charge in [0.1, 0.15) is 6.61 Å². The quantitative estimate of drug-likeness (QED) is 0.358. The van der Waals surface area contributed by atoms with E-state index in [1.165, 1.54) is 25.0 Å². The van der Waals surface area contributed by atoms with Crippen LogP contribution in [0.2, 0.25) is 0 Å². The second-order valence-electron chi connectivity index (χ2n) is 13.9. The molecule has 6 rings (SSSR count). The molecule has 1 saturated carbocycles. The minimum Gasteiger partial charge on any atom is -0.475 e. The Hall–Kier alpha value is -3.50. The Morgan fingerprint density at radius 2 is 1.73 bits per heavy atom. The molecular formula is C35H47N5O4S. The number of hydrogen-bond acceptors (Lipinski definition) is 7. The third kappa shape index (κ3) is 6.72. The van der Waals surface area contributed by atoms with Crippen molar-refractivity contribution in [1.82, 2.24) is 19.8 Å². The van der Waals surface area contributed by atoms with Gasteiger partial charge < -0.3 is 14.5 Å². The highest BCUT2D eigenvalue weighted by atomic mass is 32.2. The molecule has 2 aromatic carbocycles. The highest BCUT2D eigenvalue weighted by molar-refractivity contribution is 7.92. The van der Waals surface area contributed by atoms with Crippen molar-refractivity contribution in [3.8, 4) is 17.1 Å². The first-order valence-electron chi connectivity index (χ1n) is 16.1. The molecule has 3 aromatic rings. The van der Waals surface area contributed by atoms with Crippen molar-refractivity contribution in [3.05, 3.63) is 65.2 Å². The molecule has 0 radical (unpaired) electrons. The number of hydrogen-bond donors (Lipinski definition) is 1. The van der Waals surface area contributed by atoms with Gasteiger partial charge in [0.15, 0.2) is 0 Å². The van der Waals surface area contributed by atoms with Crippen molar-refractivity contribution in [2.75, 3.05) is 38.0 Å². The molecule has 2 aliphatic heterocycles. The maximum atomic E-state index is 14.3. The predicted octanol–water partition coefficient (Wildman–Crippen LogP) is 6.18. The first-order valence-corrected chi connectivity index (χ1v) is 17.6. The van der Waals surface area contributed by atoms with Crippen molar-refractivity contribution >= 4 is 21.9 Å². The van der Waals surface area contributed by atoms with Gasteiger partial charge in [-0.05, 0) is 113 Å². The Kier molecular flexibility index (Phi) is 8.65. The zero-order valence-corrected chi connectivity index (χ0v) is 27.9. The van der Waals surface area contributed by atoms with Gasteiger partial charge in [0.2, 0.25) is 11.8 Å². The van der Waals surface area contributed by atoms with E-state index < -0.39 is 10.0 Å². The van der Waals surface area contributed by atoms with Crippen LogP contribution in [0.3, 0.4) is 0 Å². The summed E-state index contributed by atoms with van der Waals surface area (Å²) in [4.78, 5) is 27.8. The van der Waals surface area contributed by atoms with Gasteiger partial charge in [-0.15, -0.1) is 0 Å². The predicted molar refractivity (Wildman–Crippen MR) is 178 cm³/mol. The third-order valence-corrected chi connectivity index (χ3v) is 11.2. The Morgan fingerprint density at radius 1 is 1.04 bits per heavy atom. The van der Waals surface area contributed by atoms with E-state index in [-0.39, 0.29) is 36.7 Å². The van der Waals surface area contributed by atoms with Gasteiger partial charge in [-0.1, -0.05) is 38.1 Å². The van der Waals surface area contributed by atoms with E-state index in [2.05, 4.69) is 40.5 Å². The van der Waals surface area contributed by atoms with Crippen molar-refractivity contribution in [1.29, 1.82) is 0 Å². The minimum absolute atomic E-state index is 0. The van der Waals surface area contributed by atoms with E-state index >= 15 is 0 Å². The number of likely N-dealkylation sites (tertiary alicyclic amines) is 1. The van der Waals surface area contributed by atoms with Crippen LogP contribution in [0.5, 0.6) is 5.88 Å². The number of ether oxygens (including phenoxy) is 1. The van der Waals surface area contributed by atoms with Gasteiger partial charge in [-0.25, -0.2) is 18.1 Å². The molecule has 45 heavy (non-hydrogen) atoms. The molecule has 1 N–H and O–H groups in total. The van der Waals surface area contributed by atoms with Crippen molar-refractivity contribution in [2.45, 2.75) is 70.7 Å². The SMILES string of the molecule is Cc1cccc(C)c1-c1cc2nc(n1)NS(=O)(=O)c1cccc(c1)C(=O)N(CC1CC3(CCN(C)CC3)C1)[C@H](CC(C)C)CO2.[HH]. The number of nitrogens with one attached hydrogen (secondary N) is 1. The van der Waals surface area contributed by atoms with Crippen LogP contribution in [-0.4, -0.2) is 73.4 Å². The summed E-state index contributed by atoms with van der Waals surface area (Å²) < 4.78 is 36.2. The molecule has 1 amide bonds. The van der Waals surface area contributed by atoms with Crippen LogP contribution < -0.4 is 9.46 Å². The molecule has 1 aromatic heterocycles. The second-order valence-corrected chi connectivity index (χ2v) is 15.6. The molecule has 0 unspecified atom stereocenters. The normalized spacial score (nSPS) is 21.7. The maximum absolute atomic E-state index is 14.3. The first-order chi connectivity index (χ1) is 21.4. The van der Waals surface area contributed by atoms with Gasteiger partial charge in [-0.2, -0.15) is 4.98 Å². The van der Waals surface area contributed by atoms with Crippen molar-refractivity contribution in [2.24, 2.45) is 17.3 Å². The molecule has 242 valence electrons. The molecule has 4 bridgehead atoms. The van der Waals surface area contributed by atoms with E-state index in [1.54, 1.807) is 18.2 Å². The number of benzene rings is 2. The first kappa shape index (κ1) is 31.5. The number of nitrogens with zero attached hydrogens (tertiary/aromatic N) is 4. The van der Waals surface area contributed by atoms with E-state index in [0.29, 0.717) is 35.1 Å². The van der Waals surface area contributed by atoms with Crippen molar-refractivity contribution in [3.63, 3.8) is 0 Å². The van der Waals surface area contributed by atoms with E-state index in [4.69, 9.17) is 4.74 Å². The molecular weight excluding hydrogens is 586 g/mol. The lowest BCUT2D eigenvalue weighted by Crippen LogP contribution is -2.52. The van der Waals surface area contributed by atoms with Crippen LogP contribution in [0, 0.1) is 31.1 Å². The lowest BCUT2D eigenvalue weighted by atomic mass is 9.57. The number of fused-ring (bicyclic) bond motifs is 4. The van der Waals surface area contributed by atoms with Gasteiger partial charge in [0, 0.05) is 25.2 Å². The molecule has 3 heterocycles. The number of rotatable bonds is 5. The topological polar surface area (TPSA) is 105 Å². The number of amides is 1. The summed E-state index contributed by atoms with van der Waals surface area (Å²) in [7, 11) is -1.91. The molecule has 10 heteroatoms. The fourth-order valence-corrected chi connectivity index (χ4v) is 8.50. The highest BCUT2D eigenvalue weighted by Crippen LogP contribution is 2.52. The summed E-state index contributed by atoms with van der Waals surface area (Å²) in [6, 6.07) is 13.8. The lowest BCUT2D eigenvalue weighted by Gasteiger charge is -2.53. The summed E-state index contributed by atoms with van der Waals surface area (Å²) in [5, 5.41) is 0. The number of carbonyl (C=O) groups excluding carboxylic acids is 1. The van der Waals surface area contributed by atoms with Crippen molar-refractivity contribution < 1.29 is 19.4 Å². The van der Waals surface area contributed by atoms with Crippen LogP contribution in [0.4, 0.5) is 5.95 Å². The summed E-state index contributed by atoms with van der Waals surface area (Å²) in [5.74, 6) is 0.736. The Morgan fingerprint density at radius 3 is 2.42 bits per heavy atom. The Labute approximate surface area is 268 Å². The Bertz CT molecular complexity index is 1660. The smallest absolute Gasteiger partial charge is 0.264 e. The van der Waals surface area contributed by atoms with Crippen LogP contribution in [0.25, 0.3) is 11.3 Å². The number of anilines is 1. The highest BCUT2D eigenvalue weighted by Gasteiger charge is 2.46. The monoisotopic (exact) mass is 633 g/mol. The zero-order valence-electron chi connectivity index (χ0n) is 27.0. The second kappa shape index (κ2) is 12.4. The van der Waals surface area contributed by atoms with Crippen LogP contribution in [0.15, 0.2) is 53.4 Å². The fourth-order valence-electron chi connectivity index (χ4n) is 7.51.